The van der Waals surface area contributed by atoms with Crippen LogP contribution in [0.1, 0.15) is 48.9 Å². The van der Waals surface area contributed by atoms with E-state index in [1.807, 2.05) is 4.90 Å². The molecule has 0 N–H and O–H groups in total. The number of amides is 1. The normalized spacial score (nSPS) is 22.5. The summed E-state index contributed by atoms with van der Waals surface area (Å²) in [5, 5.41) is 0.277. The minimum atomic E-state index is -0.452. The first kappa shape index (κ1) is 16.7. The van der Waals surface area contributed by atoms with Gasteiger partial charge >= 0.3 is 0 Å². The maximum Gasteiger partial charge on any atom is 0.254 e. The molecule has 2 saturated heterocycles. The van der Waals surface area contributed by atoms with Crippen molar-refractivity contribution in [3.05, 3.63) is 34.6 Å². The van der Waals surface area contributed by atoms with E-state index in [1.54, 1.807) is 6.07 Å². The van der Waals surface area contributed by atoms with Crippen LogP contribution in [-0.4, -0.2) is 47.9 Å². The molecule has 5 heteroatoms. The summed E-state index contributed by atoms with van der Waals surface area (Å²) in [4.78, 5) is 17.2. The third-order valence-corrected chi connectivity index (χ3v) is 5.19. The molecule has 0 aliphatic carbocycles. The number of benzene rings is 1. The number of piperidine rings is 1. The van der Waals surface area contributed by atoms with Gasteiger partial charge in [0.05, 0.1) is 0 Å². The fourth-order valence-electron chi connectivity index (χ4n) is 3.75. The van der Waals surface area contributed by atoms with Crippen molar-refractivity contribution in [2.45, 2.75) is 44.6 Å². The van der Waals surface area contributed by atoms with Crippen LogP contribution < -0.4 is 0 Å². The van der Waals surface area contributed by atoms with E-state index < -0.39 is 5.82 Å². The maximum atomic E-state index is 13.5. The van der Waals surface area contributed by atoms with Crippen molar-refractivity contribution in [3.8, 4) is 0 Å². The number of halogens is 2. The van der Waals surface area contributed by atoms with Gasteiger partial charge in [0.1, 0.15) is 5.82 Å². The molecule has 2 aliphatic rings. The van der Waals surface area contributed by atoms with Gasteiger partial charge in [-0.2, -0.15) is 0 Å². The van der Waals surface area contributed by atoms with Crippen molar-refractivity contribution in [1.82, 2.24) is 9.80 Å². The number of carbonyl (C=O) groups is 1. The third kappa shape index (κ3) is 4.24. The Morgan fingerprint density at radius 3 is 2.61 bits per heavy atom. The molecule has 1 aromatic carbocycles. The largest absolute Gasteiger partial charge is 0.336 e. The van der Waals surface area contributed by atoms with Crippen LogP contribution >= 0.6 is 11.6 Å². The maximum absolute atomic E-state index is 13.5. The highest BCUT2D eigenvalue weighted by atomic mass is 35.5. The monoisotopic (exact) mass is 338 g/mol. The zero-order valence-electron chi connectivity index (χ0n) is 13.4. The number of rotatable bonds is 4. The van der Waals surface area contributed by atoms with Crippen molar-refractivity contribution in [3.63, 3.8) is 0 Å². The summed E-state index contributed by atoms with van der Waals surface area (Å²) < 4.78 is 13.5. The average Bonchev–Trinajstić information content (AvgIpc) is 3.05. The van der Waals surface area contributed by atoms with E-state index in [0.717, 1.165) is 32.4 Å². The lowest BCUT2D eigenvalue weighted by Crippen LogP contribution is -2.45. The summed E-state index contributed by atoms with van der Waals surface area (Å²) in [5.41, 5.74) is 0.364. The second-order valence-electron chi connectivity index (χ2n) is 6.64. The Kier molecular flexibility index (Phi) is 5.54. The Balaban J connectivity index is 1.68. The second-order valence-corrected chi connectivity index (χ2v) is 7.08. The molecule has 2 heterocycles. The Hall–Kier alpha value is -1.13. The topological polar surface area (TPSA) is 23.6 Å². The molecule has 3 rings (SSSR count). The summed E-state index contributed by atoms with van der Waals surface area (Å²) in [6.45, 7) is 4.18. The van der Waals surface area contributed by atoms with Gasteiger partial charge in [-0.15, -0.1) is 0 Å². The van der Waals surface area contributed by atoms with Gasteiger partial charge in [0.15, 0.2) is 0 Å². The van der Waals surface area contributed by atoms with E-state index >= 15 is 0 Å². The minimum Gasteiger partial charge on any atom is -0.336 e. The fraction of sp³-hybridized carbons (Fsp3) is 0.611. The zero-order chi connectivity index (χ0) is 16.2. The van der Waals surface area contributed by atoms with E-state index in [-0.39, 0.29) is 17.0 Å². The van der Waals surface area contributed by atoms with Gasteiger partial charge in [-0.05, 0) is 69.8 Å². The SMILES string of the molecule is O=C(c1cc(F)cc(Cl)c1)N1CCCCC1CCN1CCCC1. The average molecular weight is 339 g/mol. The van der Waals surface area contributed by atoms with Crippen molar-refractivity contribution < 1.29 is 9.18 Å². The van der Waals surface area contributed by atoms with Crippen LogP contribution in [0.25, 0.3) is 0 Å². The Morgan fingerprint density at radius 1 is 1.13 bits per heavy atom. The molecule has 1 amide bonds. The van der Waals surface area contributed by atoms with E-state index in [2.05, 4.69) is 4.90 Å². The highest BCUT2D eigenvalue weighted by Gasteiger charge is 2.28. The standard InChI is InChI=1S/C18H24ClFN2O/c19-15-11-14(12-16(20)13-15)18(23)22-9-2-1-5-17(22)6-10-21-7-3-4-8-21/h11-13,17H,1-10H2. The lowest BCUT2D eigenvalue weighted by atomic mass is 9.98. The lowest BCUT2D eigenvalue weighted by Gasteiger charge is -2.36. The van der Waals surface area contributed by atoms with E-state index in [0.29, 0.717) is 5.56 Å². The van der Waals surface area contributed by atoms with Crippen LogP contribution in [0.15, 0.2) is 18.2 Å². The van der Waals surface area contributed by atoms with Crippen molar-refractivity contribution in [1.29, 1.82) is 0 Å². The Bertz CT molecular complexity index is 540. The second kappa shape index (κ2) is 7.63. The smallest absolute Gasteiger partial charge is 0.254 e. The molecule has 0 saturated carbocycles. The van der Waals surface area contributed by atoms with Crippen LogP contribution in [0.5, 0.6) is 0 Å². The highest BCUT2D eigenvalue weighted by molar-refractivity contribution is 6.31. The van der Waals surface area contributed by atoms with Crippen molar-refractivity contribution in [2.75, 3.05) is 26.2 Å². The van der Waals surface area contributed by atoms with Crippen molar-refractivity contribution >= 4 is 17.5 Å². The molecule has 1 atom stereocenters. The van der Waals surface area contributed by atoms with E-state index in [9.17, 15) is 9.18 Å². The van der Waals surface area contributed by atoms with Gasteiger partial charge < -0.3 is 9.80 Å². The molecule has 126 valence electrons. The first-order valence-electron chi connectivity index (χ1n) is 8.63. The molecule has 1 unspecified atom stereocenters. The Labute approximate surface area is 142 Å². The number of carbonyl (C=O) groups excluding carboxylic acids is 1. The van der Waals surface area contributed by atoms with Gasteiger partial charge in [-0.25, -0.2) is 4.39 Å². The Morgan fingerprint density at radius 2 is 1.87 bits per heavy atom. The van der Waals surface area contributed by atoms with Crippen LogP contribution in [0.3, 0.4) is 0 Å². The molecule has 0 aromatic heterocycles. The summed E-state index contributed by atoms with van der Waals surface area (Å²) in [6, 6.07) is 4.36. The predicted octanol–water partition coefficient (Wildman–Crippen LogP) is 3.96. The van der Waals surface area contributed by atoms with Crippen LogP contribution in [0, 0.1) is 5.82 Å². The number of likely N-dealkylation sites (tertiary alicyclic amines) is 2. The van der Waals surface area contributed by atoms with Crippen LogP contribution in [-0.2, 0) is 0 Å². The molecule has 2 aliphatic heterocycles. The third-order valence-electron chi connectivity index (χ3n) is 4.97. The molecular formula is C18H24ClFN2O. The lowest BCUT2D eigenvalue weighted by molar-refractivity contribution is 0.0587. The number of hydrogen-bond donors (Lipinski definition) is 0. The van der Waals surface area contributed by atoms with Gasteiger partial charge in [-0.1, -0.05) is 11.6 Å². The molecule has 2 fully saturated rings. The first-order chi connectivity index (χ1) is 11.1. The highest BCUT2D eigenvalue weighted by Crippen LogP contribution is 2.24. The summed E-state index contributed by atoms with van der Waals surface area (Å²) >= 11 is 5.90. The zero-order valence-corrected chi connectivity index (χ0v) is 14.2. The molecule has 0 radical (unpaired) electrons. The minimum absolute atomic E-state index is 0.0856. The molecule has 1 aromatic rings. The number of nitrogens with zero attached hydrogens (tertiary/aromatic N) is 2. The van der Waals surface area contributed by atoms with Gasteiger partial charge in [0.25, 0.3) is 5.91 Å². The molecule has 3 nitrogen and oxygen atoms in total. The summed E-state index contributed by atoms with van der Waals surface area (Å²) in [6.07, 6.45) is 6.81. The molecular weight excluding hydrogens is 315 g/mol. The fourth-order valence-corrected chi connectivity index (χ4v) is 3.97. The first-order valence-corrected chi connectivity index (χ1v) is 9.01. The summed E-state index contributed by atoms with van der Waals surface area (Å²) in [5.74, 6) is -0.538. The molecule has 0 bridgehead atoms. The van der Waals surface area contributed by atoms with Gasteiger partial charge in [0.2, 0.25) is 0 Å². The van der Waals surface area contributed by atoms with E-state index in [1.165, 1.54) is 44.5 Å². The molecule has 0 spiro atoms. The van der Waals surface area contributed by atoms with E-state index in [4.69, 9.17) is 11.6 Å². The van der Waals surface area contributed by atoms with Crippen molar-refractivity contribution in [2.24, 2.45) is 0 Å². The predicted molar refractivity (Wildman–Crippen MR) is 90.4 cm³/mol. The van der Waals surface area contributed by atoms with Crippen LogP contribution in [0.2, 0.25) is 5.02 Å². The van der Waals surface area contributed by atoms with Crippen LogP contribution in [0.4, 0.5) is 4.39 Å². The quantitative estimate of drug-likeness (QED) is 0.829. The summed E-state index contributed by atoms with van der Waals surface area (Å²) in [7, 11) is 0. The number of hydrogen-bond acceptors (Lipinski definition) is 2. The van der Waals surface area contributed by atoms with Gasteiger partial charge in [0, 0.05) is 29.7 Å². The molecule has 23 heavy (non-hydrogen) atoms. The van der Waals surface area contributed by atoms with Gasteiger partial charge in [-0.3, -0.25) is 4.79 Å².